The summed E-state index contributed by atoms with van der Waals surface area (Å²) in [7, 11) is 0. The van der Waals surface area contributed by atoms with Gasteiger partial charge in [-0.3, -0.25) is 0 Å². The fraction of sp³-hybridized carbons (Fsp3) is 0.143. The van der Waals surface area contributed by atoms with Crippen LogP contribution in [0.1, 0.15) is 11.1 Å². The fourth-order valence-corrected chi connectivity index (χ4v) is 2.16. The van der Waals surface area contributed by atoms with Crippen LogP contribution in [0.3, 0.4) is 0 Å². The van der Waals surface area contributed by atoms with Crippen LogP contribution in [0.5, 0.6) is 0 Å². The molecule has 2 heterocycles. The zero-order valence-corrected chi connectivity index (χ0v) is 10.7. The van der Waals surface area contributed by atoms with Gasteiger partial charge in [0.2, 0.25) is 5.95 Å². The number of hydrogen-bond donors (Lipinski definition) is 1. The topological polar surface area (TPSA) is 56.2 Å². The molecular weight excluding hydrogens is 243 g/mol. The van der Waals surface area contributed by atoms with E-state index in [0.717, 1.165) is 16.7 Å². The zero-order chi connectivity index (χ0) is 13.6. The Balaban J connectivity index is 2.31. The number of nitrogens with two attached hydrogens (primary N) is 1. The molecule has 0 aliphatic heterocycles. The monoisotopic (exact) mass is 256 g/mol. The molecule has 0 spiro atoms. The number of nitrogen functional groups attached to an aromatic ring is 1. The molecule has 3 rings (SSSR count). The molecule has 19 heavy (non-hydrogen) atoms. The third-order valence-corrected chi connectivity index (χ3v) is 3.06. The van der Waals surface area contributed by atoms with Crippen LogP contribution in [0.4, 0.5) is 10.3 Å². The number of rotatable bonds is 1. The second-order valence-electron chi connectivity index (χ2n) is 4.63. The molecular formula is C14H13FN4. The average molecular weight is 256 g/mol. The number of nitrogens with zero attached hydrogens (tertiary/aromatic N) is 3. The third kappa shape index (κ3) is 1.93. The van der Waals surface area contributed by atoms with Gasteiger partial charge in [0.25, 0.3) is 0 Å². The van der Waals surface area contributed by atoms with Crippen molar-refractivity contribution < 1.29 is 4.39 Å². The largest absolute Gasteiger partial charge is 0.366 e. The molecule has 0 saturated heterocycles. The van der Waals surface area contributed by atoms with Gasteiger partial charge in [-0.05, 0) is 48.7 Å². The molecule has 0 radical (unpaired) electrons. The van der Waals surface area contributed by atoms with E-state index in [9.17, 15) is 4.39 Å². The standard InChI is InChI=1S/C14H13FN4/c1-8-5-11(10-3-4-12(15)9(2)6-10)13-17-14(16)18-19(13)7-8/h3-7H,1-2H3,(H2,16,18). The van der Waals surface area contributed by atoms with Gasteiger partial charge in [-0.25, -0.2) is 8.91 Å². The Labute approximate surface area is 109 Å². The Morgan fingerprint density at radius 3 is 2.74 bits per heavy atom. The summed E-state index contributed by atoms with van der Waals surface area (Å²) in [5.41, 5.74) is 9.75. The Morgan fingerprint density at radius 1 is 1.21 bits per heavy atom. The van der Waals surface area contributed by atoms with E-state index >= 15 is 0 Å². The summed E-state index contributed by atoms with van der Waals surface area (Å²) in [4.78, 5) is 4.22. The van der Waals surface area contributed by atoms with Gasteiger partial charge in [0, 0.05) is 11.8 Å². The van der Waals surface area contributed by atoms with Crippen LogP contribution in [-0.2, 0) is 0 Å². The van der Waals surface area contributed by atoms with Crippen molar-refractivity contribution in [3.05, 3.63) is 47.4 Å². The number of aryl methyl sites for hydroxylation is 2. The van der Waals surface area contributed by atoms with Crippen molar-refractivity contribution in [1.82, 2.24) is 14.6 Å². The summed E-state index contributed by atoms with van der Waals surface area (Å²) in [5.74, 6) is 0.0130. The van der Waals surface area contributed by atoms with Gasteiger partial charge in [-0.15, -0.1) is 5.10 Å². The number of benzene rings is 1. The summed E-state index contributed by atoms with van der Waals surface area (Å²) in [6, 6.07) is 7.00. The second-order valence-corrected chi connectivity index (χ2v) is 4.63. The van der Waals surface area contributed by atoms with E-state index in [0.29, 0.717) is 11.2 Å². The van der Waals surface area contributed by atoms with Crippen LogP contribution in [-0.4, -0.2) is 14.6 Å². The van der Waals surface area contributed by atoms with Crippen LogP contribution in [0, 0.1) is 19.7 Å². The maximum absolute atomic E-state index is 13.4. The number of halogens is 1. The Bertz CT molecular complexity index is 776. The SMILES string of the molecule is Cc1cc(-c2ccc(F)c(C)c2)c2nc(N)nn2c1. The molecule has 1 aromatic carbocycles. The van der Waals surface area contributed by atoms with Gasteiger partial charge in [0.15, 0.2) is 5.65 Å². The highest BCUT2D eigenvalue weighted by Gasteiger charge is 2.10. The van der Waals surface area contributed by atoms with Crippen molar-refractivity contribution >= 4 is 11.6 Å². The molecule has 0 fully saturated rings. The quantitative estimate of drug-likeness (QED) is 0.728. The molecule has 2 N–H and O–H groups in total. The molecule has 5 heteroatoms. The molecule has 0 saturated carbocycles. The normalized spacial score (nSPS) is 11.1. The Kier molecular flexibility index (Phi) is 2.48. The van der Waals surface area contributed by atoms with Crippen molar-refractivity contribution in [2.75, 3.05) is 5.73 Å². The molecule has 2 aromatic heterocycles. The van der Waals surface area contributed by atoms with Crippen LogP contribution in [0.25, 0.3) is 16.8 Å². The lowest BCUT2D eigenvalue weighted by molar-refractivity contribution is 0.619. The molecule has 0 amide bonds. The first kappa shape index (κ1) is 11.6. The summed E-state index contributed by atoms with van der Waals surface area (Å²) < 4.78 is 15.0. The predicted octanol–water partition coefficient (Wildman–Crippen LogP) is 2.73. The lowest BCUT2D eigenvalue weighted by Gasteiger charge is -2.06. The molecule has 0 bridgehead atoms. The number of aromatic nitrogens is 3. The fourth-order valence-electron chi connectivity index (χ4n) is 2.16. The predicted molar refractivity (Wildman–Crippen MR) is 72.3 cm³/mol. The zero-order valence-electron chi connectivity index (χ0n) is 10.7. The van der Waals surface area contributed by atoms with Crippen LogP contribution in [0.2, 0.25) is 0 Å². The minimum atomic E-state index is -0.214. The minimum absolute atomic E-state index is 0.214. The van der Waals surface area contributed by atoms with E-state index in [1.807, 2.05) is 19.2 Å². The highest BCUT2D eigenvalue weighted by molar-refractivity contribution is 5.78. The lowest BCUT2D eigenvalue weighted by atomic mass is 10.0. The van der Waals surface area contributed by atoms with E-state index < -0.39 is 0 Å². The molecule has 96 valence electrons. The van der Waals surface area contributed by atoms with Crippen molar-refractivity contribution in [2.45, 2.75) is 13.8 Å². The molecule has 0 unspecified atom stereocenters. The van der Waals surface area contributed by atoms with Gasteiger partial charge in [0.1, 0.15) is 5.82 Å². The van der Waals surface area contributed by atoms with Crippen LogP contribution >= 0.6 is 0 Å². The van der Waals surface area contributed by atoms with Crippen molar-refractivity contribution in [2.24, 2.45) is 0 Å². The lowest BCUT2D eigenvalue weighted by Crippen LogP contribution is -1.93. The second kappa shape index (κ2) is 4.05. The van der Waals surface area contributed by atoms with Gasteiger partial charge in [0.05, 0.1) is 0 Å². The summed E-state index contributed by atoms with van der Waals surface area (Å²) in [5, 5.41) is 4.11. The first-order valence-corrected chi connectivity index (χ1v) is 5.93. The smallest absolute Gasteiger partial charge is 0.240 e. The van der Waals surface area contributed by atoms with Gasteiger partial charge >= 0.3 is 0 Å². The summed E-state index contributed by atoms with van der Waals surface area (Å²) in [6.45, 7) is 3.71. The van der Waals surface area contributed by atoms with Crippen LogP contribution in [0.15, 0.2) is 30.5 Å². The molecule has 0 aliphatic carbocycles. The van der Waals surface area contributed by atoms with Gasteiger partial charge in [-0.1, -0.05) is 6.07 Å². The highest BCUT2D eigenvalue weighted by Crippen LogP contribution is 2.26. The van der Waals surface area contributed by atoms with Crippen molar-refractivity contribution in [3.63, 3.8) is 0 Å². The number of fused-ring (bicyclic) bond motifs is 1. The van der Waals surface area contributed by atoms with E-state index in [2.05, 4.69) is 10.1 Å². The maximum atomic E-state index is 13.4. The Morgan fingerprint density at radius 2 is 2.00 bits per heavy atom. The van der Waals surface area contributed by atoms with E-state index in [1.165, 1.54) is 6.07 Å². The first-order chi connectivity index (χ1) is 9.04. The van der Waals surface area contributed by atoms with Crippen LogP contribution < -0.4 is 5.73 Å². The van der Waals surface area contributed by atoms with Gasteiger partial charge < -0.3 is 5.73 Å². The average Bonchev–Trinajstić information content (AvgIpc) is 2.72. The molecule has 4 nitrogen and oxygen atoms in total. The number of anilines is 1. The maximum Gasteiger partial charge on any atom is 0.240 e. The molecule has 0 atom stereocenters. The Hall–Kier alpha value is -2.43. The highest BCUT2D eigenvalue weighted by atomic mass is 19.1. The van der Waals surface area contributed by atoms with E-state index in [-0.39, 0.29) is 11.8 Å². The molecule has 3 aromatic rings. The third-order valence-electron chi connectivity index (χ3n) is 3.06. The van der Waals surface area contributed by atoms with E-state index in [4.69, 9.17) is 5.73 Å². The van der Waals surface area contributed by atoms with E-state index in [1.54, 1.807) is 23.6 Å². The number of pyridine rings is 1. The van der Waals surface area contributed by atoms with Gasteiger partial charge in [-0.2, -0.15) is 4.98 Å². The minimum Gasteiger partial charge on any atom is -0.366 e. The van der Waals surface area contributed by atoms with Crippen molar-refractivity contribution in [1.29, 1.82) is 0 Å². The molecule has 0 aliphatic rings. The number of hydrogen-bond acceptors (Lipinski definition) is 3. The summed E-state index contributed by atoms with van der Waals surface area (Å²) in [6.07, 6.45) is 1.86. The van der Waals surface area contributed by atoms with Crippen molar-refractivity contribution in [3.8, 4) is 11.1 Å². The summed E-state index contributed by atoms with van der Waals surface area (Å²) >= 11 is 0. The first-order valence-electron chi connectivity index (χ1n) is 5.93.